The van der Waals surface area contributed by atoms with Gasteiger partial charge in [-0.15, -0.1) is 0 Å². The first-order valence-corrected chi connectivity index (χ1v) is 6.34. The molecule has 0 saturated heterocycles. The second kappa shape index (κ2) is 5.41. The summed E-state index contributed by atoms with van der Waals surface area (Å²) in [5.74, 6) is 0. The predicted molar refractivity (Wildman–Crippen MR) is 72.8 cm³/mol. The maximum absolute atomic E-state index is 5.18. The monoisotopic (exact) mass is 234 g/mol. The quantitative estimate of drug-likeness (QED) is 0.867. The van der Waals surface area contributed by atoms with Crippen molar-refractivity contribution in [3.8, 4) is 0 Å². The first-order chi connectivity index (χ1) is 8.24. The van der Waals surface area contributed by atoms with Crippen molar-refractivity contribution in [2.45, 2.75) is 32.4 Å². The highest BCUT2D eigenvalue weighted by molar-refractivity contribution is 5.72. The molecule has 2 unspecified atom stereocenters. The normalized spacial score (nSPS) is 20.6. The molecule has 0 fully saturated rings. The Bertz CT molecular complexity index is 367. The Morgan fingerprint density at radius 1 is 1.47 bits per heavy atom. The molecule has 0 bridgehead atoms. The van der Waals surface area contributed by atoms with Crippen LogP contribution in [0, 0.1) is 0 Å². The summed E-state index contributed by atoms with van der Waals surface area (Å²) in [5, 5.41) is 3.48. The third-order valence-corrected chi connectivity index (χ3v) is 3.46. The summed E-state index contributed by atoms with van der Waals surface area (Å²) in [6.45, 7) is 6.37. The van der Waals surface area contributed by atoms with Gasteiger partial charge in [0.05, 0.1) is 11.4 Å². The summed E-state index contributed by atoms with van der Waals surface area (Å²) in [5.41, 5.74) is 2.56. The number of hydrogen-bond donors (Lipinski definition) is 1. The molecule has 1 aromatic carbocycles. The number of anilines is 2. The van der Waals surface area contributed by atoms with Gasteiger partial charge in [0.15, 0.2) is 0 Å². The van der Waals surface area contributed by atoms with Gasteiger partial charge in [-0.25, -0.2) is 0 Å². The van der Waals surface area contributed by atoms with Crippen LogP contribution in [0.2, 0.25) is 0 Å². The summed E-state index contributed by atoms with van der Waals surface area (Å²) in [6.07, 6.45) is 1.06. The average Bonchev–Trinajstić information content (AvgIpc) is 2.35. The Kier molecular flexibility index (Phi) is 3.89. The van der Waals surface area contributed by atoms with Gasteiger partial charge in [-0.05, 0) is 32.4 Å². The zero-order chi connectivity index (χ0) is 12.3. The van der Waals surface area contributed by atoms with Crippen molar-refractivity contribution >= 4 is 11.4 Å². The van der Waals surface area contributed by atoms with Crippen molar-refractivity contribution in [2.24, 2.45) is 0 Å². The summed E-state index contributed by atoms with van der Waals surface area (Å²) < 4.78 is 5.18. The number of nitrogens with zero attached hydrogens (tertiary/aromatic N) is 1. The van der Waals surface area contributed by atoms with Crippen LogP contribution in [0.5, 0.6) is 0 Å². The third-order valence-electron chi connectivity index (χ3n) is 3.46. The molecule has 3 heteroatoms. The maximum Gasteiger partial charge on any atom is 0.0607 e. The standard InChI is InChI=1S/C14H22N2O/c1-11(8-9-17-3)16-12(2)10-15-13-6-4-5-7-14(13)16/h4-7,11-12,15H,8-10H2,1-3H3. The smallest absolute Gasteiger partial charge is 0.0607 e. The molecule has 0 saturated carbocycles. The topological polar surface area (TPSA) is 24.5 Å². The van der Waals surface area contributed by atoms with Crippen LogP contribution < -0.4 is 10.2 Å². The van der Waals surface area contributed by atoms with E-state index < -0.39 is 0 Å². The molecule has 2 rings (SSSR count). The second-order valence-electron chi connectivity index (χ2n) is 4.78. The minimum Gasteiger partial charge on any atom is -0.385 e. The van der Waals surface area contributed by atoms with E-state index in [0.717, 1.165) is 19.6 Å². The number of ether oxygens (including phenoxy) is 1. The van der Waals surface area contributed by atoms with Crippen molar-refractivity contribution in [2.75, 3.05) is 30.5 Å². The highest BCUT2D eigenvalue weighted by Gasteiger charge is 2.26. The number of para-hydroxylation sites is 2. The maximum atomic E-state index is 5.18. The van der Waals surface area contributed by atoms with E-state index in [-0.39, 0.29) is 0 Å². The Balaban J connectivity index is 2.20. The molecule has 1 aliphatic heterocycles. The number of hydrogen-bond acceptors (Lipinski definition) is 3. The first-order valence-electron chi connectivity index (χ1n) is 6.34. The molecular formula is C14H22N2O. The third kappa shape index (κ3) is 2.55. The van der Waals surface area contributed by atoms with E-state index in [2.05, 4.69) is 48.3 Å². The van der Waals surface area contributed by atoms with Crippen LogP contribution in [-0.2, 0) is 4.74 Å². The highest BCUT2D eigenvalue weighted by Crippen LogP contribution is 2.33. The molecule has 1 aromatic rings. The van der Waals surface area contributed by atoms with Gasteiger partial charge in [0, 0.05) is 32.3 Å². The van der Waals surface area contributed by atoms with Gasteiger partial charge in [-0.1, -0.05) is 12.1 Å². The van der Waals surface area contributed by atoms with Crippen LogP contribution in [0.3, 0.4) is 0 Å². The minimum absolute atomic E-state index is 0.508. The summed E-state index contributed by atoms with van der Waals surface area (Å²) in [6, 6.07) is 9.57. The van der Waals surface area contributed by atoms with Crippen LogP contribution in [0.1, 0.15) is 20.3 Å². The summed E-state index contributed by atoms with van der Waals surface area (Å²) in [7, 11) is 1.77. The van der Waals surface area contributed by atoms with Crippen molar-refractivity contribution in [1.29, 1.82) is 0 Å². The first kappa shape index (κ1) is 12.2. The number of rotatable bonds is 4. The molecule has 2 atom stereocenters. The van der Waals surface area contributed by atoms with Crippen molar-refractivity contribution < 1.29 is 4.74 Å². The minimum atomic E-state index is 0.508. The Hall–Kier alpha value is -1.22. The molecule has 1 aliphatic rings. The zero-order valence-electron chi connectivity index (χ0n) is 10.9. The fourth-order valence-electron chi connectivity index (χ4n) is 2.54. The molecule has 17 heavy (non-hydrogen) atoms. The molecule has 1 N–H and O–H groups in total. The van der Waals surface area contributed by atoms with Crippen LogP contribution in [0.15, 0.2) is 24.3 Å². The van der Waals surface area contributed by atoms with Crippen molar-refractivity contribution in [1.82, 2.24) is 0 Å². The van der Waals surface area contributed by atoms with Crippen LogP contribution in [-0.4, -0.2) is 32.3 Å². The molecule has 94 valence electrons. The van der Waals surface area contributed by atoms with Crippen LogP contribution >= 0.6 is 0 Å². The summed E-state index contributed by atoms with van der Waals surface area (Å²) >= 11 is 0. The van der Waals surface area contributed by atoms with E-state index in [1.165, 1.54) is 11.4 Å². The molecule has 3 nitrogen and oxygen atoms in total. The zero-order valence-corrected chi connectivity index (χ0v) is 10.9. The fourth-order valence-corrected chi connectivity index (χ4v) is 2.54. The summed E-state index contributed by atoms with van der Waals surface area (Å²) in [4.78, 5) is 2.50. The average molecular weight is 234 g/mol. The lowest BCUT2D eigenvalue weighted by Gasteiger charge is -2.41. The van der Waals surface area contributed by atoms with E-state index in [4.69, 9.17) is 4.74 Å². The van der Waals surface area contributed by atoms with E-state index >= 15 is 0 Å². The van der Waals surface area contributed by atoms with Gasteiger partial charge >= 0.3 is 0 Å². The van der Waals surface area contributed by atoms with Gasteiger partial charge in [0.2, 0.25) is 0 Å². The highest BCUT2D eigenvalue weighted by atomic mass is 16.5. The molecule has 0 spiro atoms. The molecular weight excluding hydrogens is 212 g/mol. The number of fused-ring (bicyclic) bond motifs is 1. The number of methoxy groups -OCH3 is 1. The Labute approximate surface area is 104 Å². The largest absolute Gasteiger partial charge is 0.385 e. The second-order valence-corrected chi connectivity index (χ2v) is 4.78. The van der Waals surface area contributed by atoms with E-state index in [0.29, 0.717) is 12.1 Å². The van der Waals surface area contributed by atoms with Crippen LogP contribution in [0.4, 0.5) is 11.4 Å². The van der Waals surface area contributed by atoms with Gasteiger partial charge < -0.3 is 15.0 Å². The fraction of sp³-hybridized carbons (Fsp3) is 0.571. The molecule has 1 heterocycles. The van der Waals surface area contributed by atoms with E-state index in [1.807, 2.05) is 0 Å². The molecule has 0 aromatic heterocycles. The molecule has 0 radical (unpaired) electrons. The van der Waals surface area contributed by atoms with E-state index in [1.54, 1.807) is 7.11 Å². The lowest BCUT2D eigenvalue weighted by atomic mass is 10.1. The lowest BCUT2D eigenvalue weighted by molar-refractivity contribution is 0.187. The Morgan fingerprint density at radius 3 is 3.00 bits per heavy atom. The van der Waals surface area contributed by atoms with Gasteiger partial charge in [-0.3, -0.25) is 0 Å². The Morgan fingerprint density at radius 2 is 2.24 bits per heavy atom. The molecule has 0 aliphatic carbocycles. The van der Waals surface area contributed by atoms with E-state index in [9.17, 15) is 0 Å². The SMILES string of the molecule is COCCC(C)N1c2ccccc2NCC1C. The predicted octanol–water partition coefficient (Wildman–Crippen LogP) is 2.73. The van der Waals surface area contributed by atoms with Gasteiger partial charge in [0.1, 0.15) is 0 Å². The molecule has 0 amide bonds. The lowest BCUT2D eigenvalue weighted by Crippen LogP contribution is -2.47. The number of nitrogens with one attached hydrogen (secondary N) is 1. The van der Waals surface area contributed by atoms with Crippen LogP contribution in [0.25, 0.3) is 0 Å². The van der Waals surface area contributed by atoms with Crippen molar-refractivity contribution in [3.05, 3.63) is 24.3 Å². The van der Waals surface area contributed by atoms with Gasteiger partial charge in [-0.2, -0.15) is 0 Å². The number of benzene rings is 1. The van der Waals surface area contributed by atoms with Crippen molar-refractivity contribution in [3.63, 3.8) is 0 Å². The van der Waals surface area contributed by atoms with Gasteiger partial charge in [0.25, 0.3) is 0 Å².